The molecule has 2 aromatic heterocycles. The second kappa shape index (κ2) is 15.6. The van der Waals surface area contributed by atoms with Gasteiger partial charge in [-0.3, -0.25) is 0 Å². The molecular weight excluding hydrogens is 741 g/mol. The average Bonchev–Trinajstić information content (AvgIpc) is 3.73. The topological polar surface area (TPSA) is 38.9 Å². The Labute approximate surface area is 354 Å². The molecule has 61 heavy (non-hydrogen) atoms. The summed E-state index contributed by atoms with van der Waals surface area (Å²) in [7, 11) is 0. The van der Waals surface area contributed by atoms with Crippen LogP contribution in [0.25, 0.3) is 111 Å². The average molecular weight is 779 g/mol. The molecule has 0 saturated carbocycles. The zero-order valence-electron chi connectivity index (χ0n) is 33.2. The van der Waals surface area contributed by atoms with Gasteiger partial charge in [0.05, 0.1) is 0 Å². The lowest BCUT2D eigenvalue weighted by Gasteiger charge is -2.24. The molecule has 0 aliphatic heterocycles. The van der Waals surface area contributed by atoms with Crippen molar-refractivity contribution in [3.63, 3.8) is 0 Å². The van der Waals surface area contributed by atoms with Crippen molar-refractivity contribution in [1.82, 2.24) is 9.97 Å². The van der Waals surface area contributed by atoms with Crippen LogP contribution in [-0.4, -0.2) is 9.97 Å². The molecule has 0 N–H and O–H groups in total. The third-order valence-electron chi connectivity index (χ3n) is 11.5. The van der Waals surface area contributed by atoms with Gasteiger partial charge in [0.15, 0.2) is 11.4 Å². The highest BCUT2D eigenvalue weighted by Crippen LogP contribution is 2.50. The fourth-order valence-corrected chi connectivity index (χ4v) is 8.67. The van der Waals surface area contributed by atoms with E-state index in [9.17, 15) is 0 Å². The molecule has 9 aromatic carbocycles. The minimum atomic E-state index is 0.652. The second-order valence-corrected chi connectivity index (χ2v) is 15.3. The van der Waals surface area contributed by atoms with Gasteiger partial charge in [0.25, 0.3) is 0 Å². The number of benzene rings is 9. The van der Waals surface area contributed by atoms with Crippen molar-refractivity contribution in [2.24, 2.45) is 0 Å². The van der Waals surface area contributed by atoms with Crippen LogP contribution in [0.1, 0.15) is 0 Å². The number of nitrogens with zero attached hydrogens (tertiary/aromatic N) is 2. The van der Waals surface area contributed by atoms with Crippen LogP contribution in [0.3, 0.4) is 0 Å². The molecule has 3 heteroatoms. The predicted molar refractivity (Wildman–Crippen MR) is 253 cm³/mol. The van der Waals surface area contributed by atoms with Crippen LogP contribution >= 0.6 is 0 Å². The lowest BCUT2D eigenvalue weighted by atomic mass is 9.78. The maximum atomic E-state index is 6.40. The zero-order valence-corrected chi connectivity index (χ0v) is 33.2. The molecule has 3 nitrogen and oxygen atoms in total. The van der Waals surface area contributed by atoms with Crippen LogP contribution in [0.4, 0.5) is 0 Å². The summed E-state index contributed by atoms with van der Waals surface area (Å²) in [5.74, 6) is 0.652. The summed E-state index contributed by atoms with van der Waals surface area (Å²) in [6.07, 6.45) is 0. The van der Waals surface area contributed by atoms with Gasteiger partial charge in [0, 0.05) is 16.5 Å². The van der Waals surface area contributed by atoms with Gasteiger partial charge in [-0.05, 0) is 97.1 Å². The minimum absolute atomic E-state index is 0.652. The van der Waals surface area contributed by atoms with E-state index >= 15 is 0 Å². The normalized spacial score (nSPS) is 11.3. The molecule has 0 saturated heterocycles. The van der Waals surface area contributed by atoms with E-state index in [0.717, 1.165) is 61.1 Å². The number of aromatic nitrogens is 2. The smallest absolute Gasteiger partial charge is 0.180 e. The molecule has 2 heterocycles. The third-order valence-corrected chi connectivity index (χ3v) is 11.5. The molecule has 11 rings (SSSR count). The quantitative estimate of drug-likeness (QED) is 0.154. The van der Waals surface area contributed by atoms with Gasteiger partial charge in [-0.15, -0.1) is 0 Å². The lowest BCUT2D eigenvalue weighted by Crippen LogP contribution is -1.98. The highest BCUT2D eigenvalue weighted by molar-refractivity contribution is 6.08. The summed E-state index contributed by atoms with van der Waals surface area (Å²) in [6.45, 7) is 0. The minimum Gasteiger partial charge on any atom is -0.452 e. The van der Waals surface area contributed by atoms with Crippen LogP contribution in [0.15, 0.2) is 235 Å². The molecular formula is C58H38N2O. The Bertz CT molecular complexity index is 3320. The van der Waals surface area contributed by atoms with Crippen LogP contribution in [0.2, 0.25) is 0 Å². The van der Waals surface area contributed by atoms with E-state index in [-0.39, 0.29) is 0 Å². The van der Waals surface area contributed by atoms with E-state index in [2.05, 4.69) is 194 Å². The SMILES string of the molecule is c1ccc(-c2cc(-c3cccc(-c4cccc(-c5nc(-c6ccccc6)c6oc7ccccc7c6n5)c4)c3)c(-c3ccccc3)c(-c3ccccc3)c2-c2ccccc2)cc1. The first-order valence-electron chi connectivity index (χ1n) is 20.7. The largest absolute Gasteiger partial charge is 0.452 e. The van der Waals surface area contributed by atoms with Crippen LogP contribution in [0.5, 0.6) is 0 Å². The van der Waals surface area contributed by atoms with Crippen molar-refractivity contribution in [1.29, 1.82) is 0 Å². The number of furan rings is 1. The van der Waals surface area contributed by atoms with Gasteiger partial charge < -0.3 is 4.42 Å². The monoisotopic (exact) mass is 778 g/mol. The molecule has 0 fully saturated rings. The Balaban J connectivity index is 1.12. The van der Waals surface area contributed by atoms with E-state index in [0.29, 0.717) is 11.4 Å². The van der Waals surface area contributed by atoms with Crippen molar-refractivity contribution in [2.45, 2.75) is 0 Å². The summed E-state index contributed by atoms with van der Waals surface area (Å²) in [5, 5.41) is 0.972. The van der Waals surface area contributed by atoms with Crippen LogP contribution in [0, 0.1) is 0 Å². The highest BCUT2D eigenvalue weighted by Gasteiger charge is 2.24. The molecule has 0 spiro atoms. The second-order valence-electron chi connectivity index (χ2n) is 15.3. The fraction of sp³-hybridized carbons (Fsp3) is 0. The number of fused-ring (bicyclic) bond motifs is 3. The molecule has 0 atom stereocenters. The van der Waals surface area contributed by atoms with Gasteiger partial charge in [-0.2, -0.15) is 0 Å². The van der Waals surface area contributed by atoms with E-state index in [1.807, 2.05) is 36.4 Å². The lowest BCUT2D eigenvalue weighted by molar-refractivity contribution is 0.667. The van der Waals surface area contributed by atoms with Crippen molar-refractivity contribution in [3.8, 4) is 89.4 Å². The predicted octanol–water partition coefficient (Wildman–Crippen LogP) is 15.7. The Hall–Kier alpha value is -8.14. The number of hydrogen-bond donors (Lipinski definition) is 0. The maximum absolute atomic E-state index is 6.40. The first kappa shape index (κ1) is 36.0. The van der Waals surface area contributed by atoms with Crippen molar-refractivity contribution in [2.75, 3.05) is 0 Å². The molecule has 286 valence electrons. The fourth-order valence-electron chi connectivity index (χ4n) is 8.67. The summed E-state index contributed by atoms with van der Waals surface area (Å²) in [5.41, 5.74) is 18.9. The van der Waals surface area contributed by atoms with Crippen molar-refractivity contribution >= 4 is 22.1 Å². The first-order valence-corrected chi connectivity index (χ1v) is 20.7. The number of para-hydroxylation sites is 1. The van der Waals surface area contributed by atoms with E-state index in [1.54, 1.807) is 0 Å². The zero-order chi connectivity index (χ0) is 40.5. The van der Waals surface area contributed by atoms with Gasteiger partial charge in [0.1, 0.15) is 16.8 Å². The van der Waals surface area contributed by atoms with Gasteiger partial charge in [-0.1, -0.05) is 200 Å². The molecule has 0 radical (unpaired) electrons. The van der Waals surface area contributed by atoms with Gasteiger partial charge >= 0.3 is 0 Å². The maximum Gasteiger partial charge on any atom is 0.180 e. The highest BCUT2D eigenvalue weighted by atomic mass is 16.3. The molecule has 0 aliphatic carbocycles. The Kier molecular flexibility index (Phi) is 9.18. The van der Waals surface area contributed by atoms with E-state index in [4.69, 9.17) is 14.4 Å². The summed E-state index contributed by atoms with van der Waals surface area (Å²) in [4.78, 5) is 10.4. The molecule has 11 aromatic rings. The first-order chi connectivity index (χ1) is 30.3. The molecule has 0 bridgehead atoms. The Morgan fingerprint density at radius 2 is 0.721 bits per heavy atom. The third kappa shape index (κ3) is 6.69. The molecule has 0 unspecified atom stereocenters. The van der Waals surface area contributed by atoms with E-state index < -0.39 is 0 Å². The molecule has 0 aliphatic rings. The Morgan fingerprint density at radius 1 is 0.295 bits per heavy atom. The summed E-state index contributed by atoms with van der Waals surface area (Å²) < 4.78 is 6.40. The van der Waals surface area contributed by atoms with Crippen molar-refractivity contribution < 1.29 is 4.42 Å². The van der Waals surface area contributed by atoms with Crippen LogP contribution < -0.4 is 0 Å². The molecule has 0 amide bonds. The summed E-state index contributed by atoms with van der Waals surface area (Å²) in [6, 6.07) is 81.5. The van der Waals surface area contributed by atoms with E-state index in [1.165, 1.54) is 38.9 Å². The van der Waals surface area contributed by atoms with Gasteiger partial charge in [-0.25, -0.2) is 9.97 Å². The number of hydrogen-bond acceptors (Lipinski definition) is 3. The number of rotatable bonds is 8. The standard InChI is InChI=1S/C58H38N2O/c1-6-20-39(21-7-1)49-38-50(53(41-24-10-3-11-25-41)54(42-26-12-4-13-27-42)52(49)40-22-8-2-9-23-40)46-32-18-30-44(36-46)45-31-19-33-47(37-45)58-59-55(43-28-14-5-15-29-43)57-56(60-58)48-34-16-17-35-51(48)61-57/h1-38H. The van der Waals surface area contributed by atoms with Crippen LogP contribution in [-0.2, 0) is 0 Å². The Morgan fingerprint density at radius 3 is 1.31 bits per heavy atom. The van der Waals surface area contributed by atoms with Crippen molar-refractivity contribution in [3.05, 3.63) is 231 Å². The summed E-state index contributed by atoms with van der Waals surface area (Å²) >= 11 is 0. The van der Waals surface area contributed by atoms with Gasteiger partial charge in [0.2, 0.25) is 0 Å².